The number of hydrogen-bond donors (Lipinski definition) is 3. The zero-order chi connectivity index (χ0) is 21.5. The molecule has 1 aromatic heterocycles. The average Bonchev–Trinajstić information content (AvgIpc) is 3.19. The number of nitrogens with zero attached hydrogens (tertiary/aromatic N) is 2. The topological polar surface area (TPSA) is 86.2 Å². The molecule has 0 bridgehead atoms. The van der Waals surface area contributed by atoms with Gasteiger partial charge >= 0.3 is 6.09 Å². The number of guanidine groups is 1. The van der Waals surface area contributed by atoms with Crippen molar-refractivity contribution in [1.29, 1.82) is 0 Å². The van der Waals surface area contributed by atoms with Gasteiger partial charge in [-0.3, -0.25) is 0 Å². The van der Waals surface area contributed by atoms with E-state index in [1.807, 2.05) is 44.5 Å². The zero-order valence-corrected chi connectivity index (χ0v) is 21.9. The van der Waals surface area contributed by atoms with Gasteiger partial charge in [-0.1, -0.05) is 0 Å². The Bertz CT molecular complexity index is 666. The molecule has 7 nitrogen and oxygen atoms in total. The smallest absolute Gasteiger partial charge is 0.410 e. The minimum absolute atomic E-state index is 0. The number of likely N-dealkylation sites (tertiary alicyclic amines) is 1. The van der Waals surface area contributed by atoms with E-state index in [4.69, 9.17) is 4.74 Å². The van der Waals surface area contributed by atoms with Crippen molar-refractivity contribution in [3.8, 4) is 0 Å². The number of halogens is 1. The first kappa shape index (κ1) is 27.0. The largest absolute Gasteiger partial charge is 0.444 e. The molecule has 0 radical (unpaired) electrons. The molecule has 0 saturated carbocycles. The zero-order valence-electron chi connectivity index (χ0n) is 18.7. The summed E-state index contributed by atoms with van der Waals surface area (Å²) in [5, 5.41) is 21.2. The molecule has 2 rings (SSSR count). The number of carbonyl (C=O) groups excluding carboxylic acids is 1. The second-order valence-electron chi connectivity index (χ2n) is 8.77. The fourth-order valence-electron chi connectivity index (χ4n) is 3.12. The van der Waals surface area contributed by atoms with Gasteiger partial charge in [0.2, 0.25) is 0 Å². The Kier molecular flexibility index (Phi) is 10.9. The number of nitrogens with one attached hydrogen (secondary N) is 2. The summed E-state index contributed by atoms with van der Waals surface area (Å²) in [7, 11) is 0. The second-order valence-corrected chi connectivity index (χ2v) is 9.55. The van der Waals surface area contributed by atoms with Crippen LogP contribution in [0.15, 0.2) is 21.8 Å². The van der Waals surface area contributed by atoms with E-state index < -0.39 is 11.2 Å². The number of piperidine rings is 1. The maximum atomic E-state index is 12.2. The minimum atomic E-state index is -0.985. The highest BCUT2D eigenvalue weighted by atomic mass is 127. The number of carbonyl (C=O) groups is 1. The van der Waals surface area contributed by atoms with E-state index in [9.17, 15) is 9.90 Å². The van der Waals surface area contributed by atoms with E-state index in [0.717, 1.165) is 31.5 Å². The molecule has 1 aliphatic heterocycles. The van der Waals surface area contributed by atoms with Gasteiger partial charge in [0.25, 0.3) is 0 Å². The Hall–Kier alpha value is -1.07. The number of rotatable bonds is 6. The number of aliphatic imine (C=N–C) groups is 1. The summed E-state index contributed by atoms with van der Waals surface area (Å²) in [5.74, 6) is 1.17. The lowest BCUT2D eigenvalue weighted by molar-refractivity contribution is 0.0185. The summed E-state index contributed by atoms with van der Waals surface area (Å²) in [6.07, 6.45) is 1.63. The van der Waals surface area contributed by atoms with Gasteiger partial charge in [0.05, 0.1) is 6.54 Å². The van der Waals surface area contributed by atoms with Gasteiger partial charge in [-0.15, -0.1) is 24.0 Å². The Labute approximate surface area is 201 Å². The summed E-state index contributed by atoms with van der Waals surface area (Å²) in [4.78, 5) is 18.5. The highest BCUT2D eigenvalue weighted by molar-refractivity contribution is 14.0. The van der Waals surface area contributed by atoms with Crippen molar-refractivity contribution in [2.75, 3.05) is 32.7 Å². The van der Waals surface area contributed by atoms with Crippen LogP contribution < -0.4 is 10.6 Å². The highest BCUT2D eigenvalue weighted by Gasteiger charge is 2.27. The predicted molar refractivity (Wildman–Crippen MR) is 134 cm³/mol. The van der Waals surface area contributed by atoms with Gasteiger partial charge in [0.15, 0.2) is 5.96 Å². The van der Waals surface area contributed by atoms with Gasteiger partial charge in [0.1, 0.15) is 11.2 Å². The molecule has 1 saturated heterocycles. The number of thiophene rings is 1. The molecular formula is C21H37IN4O3S. The molecule has 30 heavy (non-hydrogen) atoms. The van der Waals surface area contributed by atoms with Crippen molar-refractivity contribution in [3.05, 3.63) is 22.4 Å². The molecule has 1 fully saturated rings. The highest BCUT2D eigenvalue weighted by Crippen LogP contribution is 2.23. The second kappa shape index (κ2) is 12.1. The molecule has 1 amide bonds. The molecule has 3 N–H and O–H groups in total. The summed E-state index contributed by atoms with van der Waals surface area (Å²) in [5.41, 5.74) is -0.561. The molecule has 1 aliphatic rings. The number of hydrogen-bond acceptors (Lipinski definition) is 5. The SMILES string of the molecule is CCNC(=NCC(C)(O)c1ccsc1)NCC1CCN(C(=O)OC(C)(C)C)CC1.I. The molecular weight excluding hydrogens is 515 g/mol. The lowest BCUT2D eigenvalue weighted by Gasteiger charge is -2.33. The van der Waals surface area contributed by atoms with Gasteiger partial charge in [-0.2, -0.15) is 11.3 Å². The van der Waals surface area contributed by atoms with E-state index in [1.54, 1.807) is 23.2 Å². The number of aliphatic hydroxyl groups is 1. The van der Waals surface area contributed by atoms with Crippen molar-refractivity contribution < 1.29 is 14.6 Å². The third-order valence-corrected chi connectivity index (χ3v) is 5.54. The lowest BCUT2D eigenvalue weighted by atomic mass is 9.97. The Morgan fingerprint density at radius 1 is 1.30 bits per heavy atom. The molecule has 0 spiro atoms. The van der Waals surface area contributed by atoms with Crippen molar-refractivity contribution in [3.63, 3.8) is 0 Å². The predicted octanol–water partition coefficient (Wildman–Crippen LogP) is 3.78. The van der Waals surface area contributed by atoms with Gasteiger partial charge in [-0.25, -0.2) is 9.79 Å². The Morgan fingerprint density at radius 2 is 1.97 bits per heavy atom. The summed E-state index contributed by atoms with van der Waals surface area (Å²) in [6, 6.07) is 1.93. The number of amides is 1. The van der Waals surface area contributed by atoms with Crippen LogP contribution in [-0.4, -0.2) is 60.4 Å². The van der Waals surface area contributed by atoms with Crippen LogP contribution in [0.5, 0.6) is 0 Å². The van der Waals surface area contributed by atoms with Gasteiger partial charge < -0.3 is 25.4 Å². The summed E-state index contributed by atoms with van der Waals surface area (Å²) < 4.78 is 5.46. The van der Waals surface area contributed by atoms with Crippen LogP contribution in [0.25, 0.3) is 0 Å². The summed E-state index contributed by atoms with van der Waals surface area (Å²) in [6.45, 7) is 12.7. The number of ether oxygens (including phenoxy) is 1. The van der Waals surface area contributed by atoms with E-state index in [2.05, 4.69) is 15.6 Å². The van der Waals surface area contributed by atoms with Crippen LogP contribution in [0.3, 0.4) is 0 Å². The van der Waals surface area contributed by atoms with Crippen LogP contribution in [0.4, 0.5) is 4.79 Å². The average molecular weight is 553 g/mol. The van der Waals surface area contributed by atoms with Crippen LogP contribution in [0.2, 0.25) is 0 Å². The van der Waals surface area contributed by atoms with E-state index in [1.165, 1.54) is 0 Å². The fraction of sp³-hybridized carbons (Fsp3) is 0.714. The third-order valence-electron chi connectivity index (χ3n) is 4.86. The van der Waals surface area contributed by atoms with Gasteiger partial charge in [0, 0.05) is 26.2 Å². The normalized spacial score (nSPS) is 17.7. The van der Waals surface area contributed by atoms with Gasteiger partial charge in [-0.05, 0) is 75.8 Å². The van der Waals surface area contributed by atoms with E-state index in [-0.39, 0.29) is 36.6 Å². The standard InChI is InChI=1S/C21H36N4O3S.HI/c1-6-22-18(24-15-21(5,27)17-9-12-29-14-17)23-13-16-7-10-25(11-8-16)19(26)28-20(2,3)4;/h9,12,14,16,27H,6-8,10-11,13,15H2,1-5H3,(H2,22,23,24);1H. The first-order chi connectivity index (χ1) is 13.6. The molecule has 1 unspecified atom stereocenters. The van der Waals surface area contributed by atoms with Crippen molar-refractivity contribution in [2.45, 2.75) is 58.7 Å². The molecule has 2 heterocycles. The van der Waals surface area contributed by atoms with Crippen LogP contribution >= 0.6 is 35.3 Å². The molecule has 172 valence electrons. The minimum Gasteiger partial charge on any atom is -0.444 e. The monoisotopic (exact) mass is 552 g/mol. The third kappa shape index (κ3) is 8.97. The van der Waals surface area contributed by atoms with Crippen LogP contribution in [-0.2, 0) is 10.3 Å². The lowest BCUT2D eigenvalue weighted by Crippen LogP contribution is -2.45. The maximum absolute atomic E-state index is 12.2. The maximum Gasteiger partial charge on any atom is 0.410 e. The Balaban J connectivity index is 0.00000450. The first-order valence-electron chi connectivity index (χ1n) is 10.4. The van der Waals surface area contributed by atoms with Crippen LogP contribution in [0, 0.1) is 5.92 Å². The van der Waals surface area contributed by atoms with Crippen LogP contribution in [0.1, 0.15) is 53.0 Å². The molecule has 1 atom stereocenters. The molecule has 1 aromatic rings. The molecule has 0 aliphatic carbocycles. The van der Waals surface area contributed by atoms with Crippen molar-refractivity contribution in [2.24, 2.45) is 10.9 Å². The van der Waals surface area contributed by atoms with Crippen molar-refractivity contribution in [1.82, 2.24) is 15.5 Å². The summed E-state index contributed by atoms with van der Waals surface area (Å²) >= 11 is 1.57. The Morgan fingerprint density at radius 3 is 2.50 bits per heavy atom. The quantitative estimate of drug-likeness (QED) is 0.284. The van der Waals surface area contributed by atoms with E-state index in [0.29, 0.717) is 25.0 Å². The van der Waals surface area contributed by atoms with Crippen molar-refractivity contribution >= 4 is 47.4 Å². The van der Waals surface area contributed by atoms with E-state index >= 15 is 0 Å². The fourth-order valence-corrected chi connectivity index (χ4v) is 3.91. The molecule has 0 aromatic carbocycles. The first-order valence-corrected chi connectivity index (χ1v) is 11.3. The molecule has 9 heteroatoms.